The molecule has 0 aliphatic carbocycles. The lowest BCUT2D eigenvalue weighted by Gasteiger charge is -2.34. The molecule has 1 aromatic rings. The smallest absolute Gasteiger partial charge is 0.460 e. The normalized spacial score (nSPS) is 13.7. The fourth-order valence-electron chi connectivity index (χ4n) is 1.51. The maximum atomic E-state index is 12.2. The summed E-state index contributed by atoms with van der Waals surface area (Å²) < 4.78 is 140. The van der Waals surface area contributed by atoms with Crippen LogP contribution in [0, 0.1) is 0 Å². The average Bonchev–Trinajstić information content (AvgIpc) is 2.99. The highest BCUT2D eigenvalue weighted by atomic mass is 32.2. The predicted octanol–water partition coefficient (Wildman–Crippen LogP) is 3.63. The van der Waals surface area contributed by atoms with Gasteiger partial charge in [-0.2, -0.15) is 39.5 Å². The van der Waals surface area contributed by atoms with E-state index in [2.05, 4.69) is 24.3 Å². The highest BCUT2D eigenvalue weighted by Gasteiger charge is 2.83. The van der Waals surface area contributed by atoms with Gasteiger partial charge in [-0.1, -0.05) is 19.9 Å². The molecule has 1 aromatic heterocycles. The molecule has 0 bridgehead atoms. The molecule has 164 valence electrons. The predicted molar refractivity (Wildman–Crippen MR) is 76.5 cm³/mol. The minimum Gasteiger partial charge on any atom is -0.743 e. The Kier molecular flexibility index (Phi) is 8.16. The van der Waals surface area contributed by atoms with Crippen molar-refractivity contribution >= 4 is 16.3 Å². The lowest BCUT2D eigenvalue weighted by Crippen LogP contribution is -2.63. The molecule has 5 nitrogen and oxygen atoms in total. The number of rotatable bonds is 7. The summed E-state index contributed by atoms with van der Waals surface area (Å²) in [6.45, 7) is 6.98. The average molecular weight is 450 g/mol. The number of hydrogen-bond acceptors (Lipinski definition) is 3. The summed E-state index contributed by atoms with van der Waals surface area (Å²) in [5.41, 5.74) is 0. The van der Waals surface area contributed by atoms with Gasteiger partial charge in [0.05, 0.1) is 12.7 Å². The van der Waals surface area contributed by atoms with E-state index in [4.69, 9.17) is 0 Å². The van der Waals surface area contributed by atoms with E-state index in [-0.39, 0.29) is 0 Å². The Hall–Kier alpha value is -1.77. The van der Waals surface area contributed by atoms with Crippen molar-refractivity contribution in [3.8, 4) is 0 Å². The van der Waals surface area contributed by atoms with Gasteiger partial charge in [-0.05, 0) is 6.42 Å². The number of imidazole rings is 1. The zero-order valence-corrected chi connectivity index (χ0v) is 14.9. The Bertz CT molecular complexity index is 758. The van der Waals surface area contributed by atoms with Crippen LogP contribution in [0.4, 0.5) is 39.5 Å². The highest BCUT2D eigenvalue weighted by Crippen LogP contribution is 2.54. The van der Waals surface area contributed by atoms with E-state index < -0.39 is 33.4 Å². The van der Waals surface area contributed by atoms with Gasteiger partial charge in [-0.15, -0.1) is 0 Å². The lowest BCUT2D eigenvalue weighted by molar-refractivity contribution is -0.696. The summed E-state index contributed by atoms with van der Waals surface area (Å²) in [7, 11) is -7.42. The van der Waals surface area contributed by atoms with Crippen LogP contribution >= 0.6 is 0 Å². The zero-order valence-electron chi connectivity index (χ0n) is 14.1. The quantitative estimate of drug-likeness (QED) is 0.362. The molecule has 0 spiro atoms. The molecular weight excluding hydrogens is 435 g/mol. The van der Waals surface area contributed by atoms with E-state index in [9.17, 15) is 52.5 Å². The molecule has 0 aliphatic rings. The fourth-order valence-corrected chi connectivity index (χ4v) is 1.95. The van der Waals surface area contributed by atoms with Crippen molar-refractivity contribution in [1.29, 1.82) is 0 Å². The summed E-state index contributed by atoms with van der Waals surface area (Å²) in [5, 5.41) is -7.11. The maximum Gasteiger partial charge on any atom is 0.460 e. The first-order valence-corrected chi connectivity index (χ1v) is 8.62. The van der Waals surface area contributed by atoms with Gasteiger partial charge in [-0.3, -0.25) is 0 Å². The van der Waals surface area contributed by atoms with Crippen molar-refractivity contribution in [2.75, 3.05) is 0 Å². The third kappa shape index (κ3) is 5.40. The Morgan fingerprint density at radius 3 is 1.89 bits per heavy atom. The van der Waals surface area contributed by atoms with Crippen LogP contribution < -0.4 is 4.57 Å². The van der Waals surface area contributed by atoms with Gasteiger partial charge >= 0.3 is 23.3 Å². The molecule has 0 saturated carbocycles. The van der Waals surface area contributed by atoms with Gasteiger partial charge in [0, 0.05) is 0 Å². The Labute approximate surface area is 153 Å². The molecule has 0 N–H and O–H groups in total. The Morgan fingerprint density at radius 2 is 1.57 bits per heavy atom. The summed E-state index contributed by atoms with van der Waals surface area (Å²) in [5.74, 6) is -14.8. The van der Waals surface area contributed by atoms with Gasteiger partial charge in [0.25, 0.3) is 0 Å². The summed E-state index contributed by atoms with van der Waals surface area (Å²) >= 11 is 0. The SMILES string of the molecule is C=Cn1cc[n+](CCCC)c1.O=S(=O)([O-])C(F)(F)C(F)(F)C(F)(F)C(F)(F)F. The second-order valence-electron chi connectivity index (χ2n) is 5.25. The Balaban J connectivity index is 0.000000567. The number of unbranched alkanes of at least 4 members (excludes halogenated alkanes) is 1. The number of alkyl halides is 9. The molecule has 0 radical (unpaired) electrons. The van der Waals surface area contributed by atoms with E-state index >= 15 is 0 Å². The van der Waals surface area contributed by atoms with Gasteiger partial charge in [0.1, 0.15) is 12.4 Å². The van der Waals surface area contributed by atoms with Crippen LogP contribution in [0.1, 0.15) is 19.8 Å². The molecule has 0 fully saturated rings. The van der Waals surface area contributed by atoms with Crippen molar-refractivity contribution in [2.24, 2.45) is 0 Å². The van der Waals surface area contributed by atoms with Crippen LogP contribution in [-0.2, 0) is 16.7 Å². The first kappa shape index (κ1) is 26.2. The van der Waals surface area contributed by atoms with Gasteiger partial charge in [-0.25, -0.2) is 17.6 Å². The number of aromatic nitrogens is 2. The molecule has 0 aromatic carbocycles. The van der Waals surface area contributed by atoms with Crippen LogP contribution in [0.25, 0.3) is 6.20 Å². The van der Waals surface area contributed by atoms with Crippen LogP contribution in [0.15, 0.2) is 25.3 Å². The van der Waals surface area contributed by atoms with E-state index in [1.54, 1.807) is 6.20 Å². The zero-order chi connectivity index (χ0) is 22.6. The molecular formula is C13H15F9N2O3S. The molecule has 1 heterocycles. The molecule has 15 heteroatoms. The van der Waals surface area contributed by atoms with Crippen molar-refractivity contribution in [1.82, 2.24) is 4.57 Å². The number of hydrogen-bond donors (Lipinski definition) is 0. The highest BCUT2D eigenvalue weighted by molar-refractivity contribution is 7.86. The molecule has 0 amide bonds. The maximum absolute atomic E-state index is 12.2. The van der Waals surface area contributed by atoms with Gasteiger partial charge < -0.3 is 4.55 Å². The standard InChI is InChI=1S/C9H15N2.C4HF9O3S/c1-3-5-6-11-8-7-10(4-2)9-11;5-1(6,3(9,10)11)2(7,8)4(12,13)17(14,15)16/h4,7-9H,2-3,5-6H2,1H3;(H,14,15,16)/q+1;/p-1. The van der Waals surface area contributed by atoms with Gasteiger partial charge in [0.2, 0.25) is 6.33 Å². The summed E-state index contributed by atoms with van der Waals surface area (Å²) in [6.07, 6.45) is 3.23. The Morgan fingerprint density at radius 1 is 1.07 bits per heavy atom. The molecule has 1 rings (SSSR count). The molecule has 0 saturated heterocycles. The number of aryl methyl sites for hydroxylation is 1. The van der Waals surface area contributed by atoms with Crippen LogP contribution in [0.3, 0.4) is 0 Å². The molecule has 0 aliphatic heterocycles. The topological polar surface area (TPSA) is 66.0 Å². The third-order valence-electron chi connectivity index (χ3n) is 3.12. The summed E-state index contributed by atoms with van der Waals surface area (Å²) in [4.78, 5) is 0. The van der Waals surface area contributed by atoms with Crippen molar-refractivity contribution < 1.29 is 57.1 Å². The third-order valence-corrected chi connectivity index (χ3v) is 4.01. The van der Waals surface area contributed by atoms with E-state index in [0.29, 0.717) is 0 Å². The minimum absolute atomic E-state index is 1.11. The van der Waals surface area contributed by atoms with E-state index in [0.717, 1.165) is 6.54 Å². The molecule has 28 heavy (non-hydrogen) atoms. The number of nitrogens with zero attached hydrogens (tertiary/aromatic N) is 2. The number of halogens is 9. The van der Waals surface area contributed by atoms with E-state index in [1.807, 2.05) is 17.1 Å². The largest absolute Gasteiger partial charge is 0.743 e. The fraction of sp³-hybridized carbons (Fsp3) is 0.615. The monoisotopic (exact) mass is 450 g/mol. The summed E-state index contributed by atoms with van der Waals surface area (Å²) in [6, 6.07) is 0. The van der Waals surface area contributed by atoms with Crippen LogP contribution in [-0.4, -0.2) is 40.8 Å². The second kappa shape index (κ2) is 8.71. The van der Waals surface area contributed by atoms with Crippen molar-refractivity contribution in [3.05, 3.63) is 25.3 Å². The molecule has 0 unspecified atom stereocenters. The molecule has 0 atom stereocenters. The first-order valence-electron chi connectivity index (χ1n) is 7.21. The van der Waals surface area contributed by atoms with Crippen LogP contribution in [0.2, 0.25) is 0 Å². The van der Waals surface area contributed by atoms with E-state index in [1.165, 1.54) is 12.8 Å². The van der Waals surface area contributed by atoms with Crippen molar-refractivity contribution in [2.45, 2.75) is 49.6 Å². The second-order valence-corrected chi connectivity index (χ2v) is 6.67. The minimum atomic E-state index is -7.43. The van der Waals surface area contributed by atoms with Gasteiger partial charge in [0.15, 0.2) is 10.1 Å². The first-order chi connectivity index (χ1) is 12.4. The van der Waals surface area contributed by atoms with Crippen LogP contribution in [0.5, 0.6) is 0 Å². The lowest BCUT2D eigenvalue weighted by atomic mass is 10.1. The van der Waals surface area contributed by atoms with Crippen molar-refractivity contribution in [3.63, 3.8) is 0 Å².